The van der Waals surface area contributed by atoms with Gasteiger partial charge < -0.3 is 24.1 Å². The van der Waals surface area contributed by atoms with Gasteiger partial charge in [0.1, 0.15) is 12.4 Å². The van der Waals surface area contributed by atoms with E-state index in [0.717, 1.165) is 35.7 Å². The molecule has 2 rings (SSSR count). The van der Waals surface area contributed by atoms with Crippen LogP contribution >= 0.6 is 0 Å². The Morgan fingerprint density at radius 2 is 1.72 bits per heavy atom. The normalized spacial score (nSPS) is 11.8. The molecular weight excluding hydrogens is 320 g/mol. The summed E-state index contributed by atoms with van der Waals surface area (Å²) in [6.07, 6.45) is 2.91. The van der Waals surface area contributed by atoms with Crippen molar-refractivity contribution in [3.63, 3.8) is 0 Å². The van der Waals surface area contributed by atoms with Crippen molar-refractivity contribution in [1.82, 2.24) is 0 Å². The second-order valence-electron chi connectivity index (χ2n) is 5.47. The Morgan fingerprint density at radius 3 is 2.44 bits per heavy atom. The van der Waals surface area contributed by atoms with Crippen LogP contribution in [0.2, 0.25) is 0 Å². The van der Waals surface area contributed by atoms with Crippen LogP contribution in [-0.2, 0) is 11.2 Å². The molecule has 5 heteroatoms. The highest BCUT2D eigenvalue weighted by atomic mass is 16.6. The smallest absolute Gasteiger partial charge is 0.188 e. The number of para-hydroxylation sites is 1. The molecule has 2 aromatic rings. The van der Waals surface area contributed by atoms with E-state index in [-0.39, 0.29) is 6.61 Å². The minimum absolute atomic E-state index is 0.0943. The quantitative estimate of drug-likeness (QED) is 0.670. The zero-order valence-electron chi connectivity index (χ0n) is 14.9. The molecule has 2 aromatic carbocycles. The summed E-state index contributed by atoms with van der Waals surface area (Å²) in [4.78, 5) is 0. The summed E-state index contributed by atoms with van der Waals surface area (Å²) in [7, 11) is 4.70. The first-order valence-corrected chi connectivity index (χ1v) is 8.14. The van der Waals surface area contributed by atoms with Crippen molar-refractivity contribution in [1.29, 1.82) is 0 Å². The van der Waals surface area contributed by atoms with Gasteiger partial charge in [-0.25, -0.2) is 0 Å². The number of aliphatic hydroxyl groups excluding tert-OH is 1. The summed E-state index contributed by atoms with van der Waals surface area (Å²) in [5.74, 6) is 2.19. The maximum atomic E-state index is 9.45. The number of rotatable bonds is 10. The molecule has 0 aliphatic rings. The van der Waals surface area contributed by atoms with Gasteiger partial charge in [0.2, 0.25) is 0 Å². The van der Waals surface area contributed by atoms with Crippen molar-refractivity contribution in [3.8, 4) is 17.2 Å². The SMILES string of the molecule is COc1ccc(CC[CH]c2ccccc2OC[C@H](O)OC)cc1OC. The summed E-state index contributed by atoms with van der Waals surface area (Å²) >= 11 is 0. The maximum Gasteiger partial charge on any atom is 0.188 e. The molecule has 0 heterocycles. The van der Waals surface area contributed by atoms with E-state index in [2.05, 4.69) is 6.42 Å². The summed E-state index contributed by atoms with van der Waals surface area (Å²) in [6.45, 7) is 0.0943. The second-order valence-corrected chi connectivity index (χ2v) is 5.47. The lowest BCUT2D eigenvalue weighted by Crippen LogP contribution is -2.19. The summed E-state index contributed by atoms with van der Waals surface area (Å²) < 4.78 is 21.0. The Morgan fingerprint density at radius 1 is 0.960 bits per heavy atom. The molecule has 0 aliphatic heterocycles. The van der Waals surface area contributed by atoms with Gasteiger partial charge in [-0.1, -0.05) is 24.3 Å². The molecule has 0 bridgehead atoms. The third kappa shape index (κ3) is 5.66. The van der Waals surface area contributed by atoms with E-state index in [0.29, 0.717) is 0 Å². The van der Waals surface area contributed by atoms with Crippen molar-refractivity contribution >= 4 is 0 Å². The highest BCUT2D eigenvalue weighted by Gasteiger charge is 2.08. The molecule has 0 fully saturated rings. The van der Waals surface area contributed by atoms with Crippen LogP contribution in [0, 0.1) is 6.42 Å². The molecule has 135 valence electrons. The molecule has 0 aliphatic carbocycles. The highest BCUT2D eigenvalue weighted by molar-refractivity contribution is 5.43. The van der Waals surface area contributed by atoms with E-state index in [1.165, 1.54) is 12.7 Å². The number of benzene rings is 2. The average molecular weight is 345 g/mol. The Kier molecular flexibility index (Phi) is 7.57. The van der Waals surface area contributed by atoms with E-state index in [1.54, 1.807) is 14.2 Å². The van der Waals surface area contributed by atoms with Crippen LogP contribution in [-0.4, -0.2) is 39.3 Å². The molecule has 1 radical (unpaired) electrons. The van der Waals surface area contributed by atoms with E-state index in [9.17, 15) is 5.11 Å². The molecule has 0 amide bonds. The molecule has 0 saturated carbocycles. The summed E-state index contributed by atoms with van der Waals surface area (Å²) in [6, 6.07) is 13.7. The van der Waals surface area contributed by atoms with E-state index in [4.69, 9.17) is 18.9 Å². The minimum atomic E-state index is -0.931. The van der Waals surface area contributed by atoms with Gasteiger partial charge in [-0.2, -0.15) is 0 Å². The Labute approximate surface area is 149 Å². The molecular formula is C20H25O5. The van der Waals surface area contributed by atoms with Gasteiger partial charge in [0.15, 0.2) is 17.8 Å². The number of methoxy groups -OCH3 is 3. The zero-order valence-corrected chi connectivity index (χ0v) is 14.9. The third-order valence-corrected chi connectivity index (χ3v) is 3.82. The first kappa shape index (κ1) is 19.1. The molecule has 0 aromatic heterocycles. The fourth-order valence-corrected chi connectivity index (χ4v) is 2.44. The van der Waals surface area contributed by atoms with E-state index < -0.39 is 6.29 Å². The zero-order chi connectivity index (χ0) is 18.1. The lowest BCUT2D eigenvalue weighted by molar-refractivity contribution is -0.0968. The van der Waals surface area contributed by atoms with Crippen molar-refractivity contribution in [2.45, 2.75) is 19.1 Å². The molecule has 0 spiro atoms. The minimum Gasteiger partial charge on any atom is -0.493 e. The standard InChI is InChI=1S/C20H25O5/c1-22-18-12-11-15(13-19(18)23-2)7-6-9-16-8-4-5-10-17(16)25-14-20(21)24-3/h4-5,8-13,20-21H,6-7,14H2,1-3H3/t20-/m1/s1. The summed E-state index contributed by atoms with van der Waals surface area (Å²) in [5.41, 5.74) is 2.16. The fraction of sp³-hybridized carbons (Fsp3) is 0.350. The topological polar surface area (TPSA) is 57.2 Å². The van der Waals surface area contributed by atoms with Crippen LogP contribution in [0.15, 0.2) is 42.5 Å². The Balaban J connectivity index is 1.93. The molecule has 1 N–H and O–H groups in total. The van der Waals surface area contributed by atoms with Crippen LogP contribution in [0.3, 0.4) is 0 Å². The van der Waals surface area contributed by atoms with E-state index >= 15 is 0 Å². The van der Waals surface area contributed by atoms with Gasteiger partial charge in [-0.05, 0) is 48.6 Å². The van der Waals surface area contributed by atoms with Crippen molar-refractivity contribution in [2.75, 3.05) is 27.9 Å². The van der Waals surface area contributed by atoms with Crippen LogP contribution in [0.4, 0.5) is 0 Å². The molecule has 0 unspecified atom stereocenters. The molecule has 5 nitrogen and oxygen atoms in total. The van der Waals surface area contributed by atoms with Crippen molar-refractivity contribution in [3.05, 3.63) is 60.0 Å². The number of ether oxygens (including phenoxy) is 4. The molecule has 0 saturated heterocycles. The van der Waals surface area contributed by atoms with Gasteiger partial charge in [0.25, 0.3) is 0 Å². The maximum absolute atomic E-state index is 9.45. The first-order chi connectivity index (χ1) is 12.2. The number of hydrogen-bond acceptors (Lipinski definition) is 5. The number of aryl methyl sites for hydroxylation is 1. The predicted molar refractivity (Wildman–Crippen MR) is 96.2 cm³/mol. The first-order valence-electron chi connectivity index (χ1n) is 8.14. The lowest BCUT2D eigenvalue weighted by atomic mass is 10.0. The van der Waals surface area contributed by atoms with Crippen LogP contribution in [0.5, 0.6) is 17.2 Å². The fourth-order valence-electron chi connectivity index (χ4n) is 2.44. The summed E-state index contributed by atoms with van der Waals surface area (Å²) in [5, 5.41) is 9.45. The Hall–Kier alpha value is -2.24. The van der Waals surface area contributed by atoms with Crippen LogP contribution in [0.25, 0.3) is 0 Å². The van der Waals surface area contributed by atoms with Crippen molar-refractivity contribution in [2.24, 2.45) is 0 Å². The van der Waals surface area contributed by atoms with Crippen LogP contribution < -0.4 is 14.2 Å². The number of hydrogen-bond donors (Lipinski definition) is 1. The highest BCUT2D eigenvalue weighted by Crippen LogP contribution is 2.28. The molecule has 25 heavy (non-hydrogen) atoms. The van der Waals surface area contributed by atoms with Crippen molar-refractivity contribution < 1.29 is 24.1 Å². The largest absolute Gasteiger partial charge is 0.493 e. The Bertz CT molecular complexity index is 656. The van der Waals surface area contributed by atoms with Crippen LogP contribution in [0.1, 0.15) is 17.5 Å². The second kappa shape index (κ2) is 9.91. The van der Waals surface area contributed by atoms with Gasteiger partial charge in [0.05, 0.1) is 14.2 Å². The van der Waals surface area contributed by atoms with Gasteiger partial charge in [-0.15, -0.1) is 0 Å². The van der Waals surface area contributed by atoms with Gasteiger partial charge in [0, 0.05) is 7.11 Å². The lowest BCUT2D eigenvalue weighted by Gasteiger charge is -2.14. The third-order valence-electron chi connectivity index (χ3n) is 3.82. The molecule has 1 atom stereocenters. The van der Waals surface area contributed by atoms with Gasteiger partial charge >= 0.3 is 0 Å². The van der Waals surface area contributed by atoms with Gasteiger partial charge in [-0.3, -0.25) is 0 Å². The predicted octanol–water partition coefficient (Wildman–Crippen LogP) is 3.23. The number of aliphatic hydroxyl groups is 1. The van der Waals surface area contributed by atoms with E-state index in [1.807, 2.05) is 42.5 Å². The monoisotopic (exact) mass is 345 g/mol. The average Bonchev–Trinajstić information content (AvgIpc) is 2.66.